The van der Waals surface area contributed by atoms with Gasteiger partial charge >= 0.3 is 0 Å². The van der Waals surface area contributed by atoms with Gasteiger partial charge < -0.3 is 9.73 Å². The number of aromatic nitrogens is 2. The highest BCUT2D eigenvalue weighted by molar-refractivity contribution is 6.31. The molecular weight excluding hydrogens is 274 g/mol. The van der Waals surface area contributed by atoms with E-state index in [4.69, 9.17) is 16.0 Å². The van der Waals surface area contributed by atoms with Crippen molar-refractivity contribution in [3.05, 3.63) is 40.1 Å². The lowest BCUT2D eigenvalue weighted by atomic mass is 10.0. The molecule has 0 aliphatic heterocycles. The van der Waals surface area contributed by atoms with Gasteiger partial charge in [0.05, 0.1) is 22.7 Å². The highest BCUT2D eigenvalue weighted by atomic mass is 35.5. The number of halogens is 1. The van der Waals surface area contributed by atoms with Crippen LogP contribution < -0.4 is 5.32 Å². The first-order chi connectivity index (χ1) is 9.52. The van der Waals surface area contributed by atoms with Crippen molar-refractivity contribution in [3.8, 4) is 0 Å². The molecule has 4 nitrogen and oxygen atoms in total. The van der Waals surface area contributed by atoms with Crippen molar-refractivity contribution in [2.24, 2.45) is 7.05 Å². The molecule has 1 unspecified atom stereocenters. The van der Waals surface area contributed by atoms with E-state index in [0.29, 0.717) is 0 Å². The van der Waals surface area contributed by atoms with E-state index in [2.05, 4.69) is 23.4 Å². The van der Waals surface area contributed by atoms with Crippen molar-refractivity contribution < 1.29 is 4.42 Å². The van der Waals surface area contributed by atoms with E-state index in [9.17, 15) is 0 Å². The first-order valence-corrected chi connectivity index (χ1v) is 7.37. The number of furan rings is 1. The zero-order chi connectivity index (χ0) is 14.7. The highest BCUT2D eigenvalue weighted by Gasteiger charge is 2.19. The summed E-state index contributed by atoms with van der Waals surface area (Å²) in [4.78, 5) is 0. The van der Waals surface area contributed by atoms with Crippen LogP contribution in [0, 0.1) is 13.8 Å². The number of hydrogen-bond acceptors (Lipinski definition) is 3. The molecule has 5 heteroatoms. The molecule has 2 aromatic rings. The largest absolute Gasteiger partial charge is 0.469 e. The van der Waals surface area contributed by atoms with E-state index in [1.54, 1.807) is 0 Å². The average Bonchev–Trinajstić information content (AvgIpc) is 2.93. The molecule has 0 saturated heterocycles. The van der Waals surface area contributed by atoms with Crippen LogP contribution in [0.25, 0.3) is 0 Å². The van der Waals surface area contributed by atoms with Crippen LogP contribution in [-0.2, 0) is 13.5 Å². The molecule has 110 valence electrons. The van der Waals surface area contributed by atoms with Gasteiger partial charge in [0.25, 0.3) is 0 Å². The molecule has 0 aliphatic carbocycles. The minimum absolute atomic E-state index is 0.194. The Labute approximate surface area is 125 Å². The normalized spacial score (nSPS) is 12.8. The van der Waals surface area contributed by atoms with Gasteiger partial charge in [-0.15, -0.1) is 0 Å². The van der Waals surface area contributed by atoms with Crippen LogP contribution in [-0.4, -0.2) is 16.3 Å². The predicted molar refractivity (Wildman–Crippen MR) is 81.1 cm³/mol. The molecule has 20 heavy (non-hydrogen) atoms. The lowest BCUT2D eigenvalue weighted by Gasteiger charge is -2.17. The maximum Gasteiger partial charge on any atom is 0.101 e. The van der Waals surface area contributed by atoms with Crippen molar-refractivity contribution in [2.75, 3.05) is 6.54 Å². The molecule has 0 aliphatic rings. The summed E-state index contributed by atoms with van der Waals surface area (Å²) in [7, 11) is 1.94. The number of rotatable bonds is 6. The Kier molecular flexibility index (Phi) is 4.89. The molecule has 1 atom stereocenters. The van der Waals surface area contributed by atoms with Gasteiger partial charge in [-0.05, 0) is 32.9 Å². The SMILES string of the molecule is CCCNC(Cc1c(Cl)c(C)nn1C)c1coc(C)c1. The van der Waals surface area contributed by atoms with Crippen LogP contribution >= 0.6 is 11.6 Å². The van der Waals surface area contributed by atoms with Crippen molar-refractivity contribution >= 4 is 11.6 Å². The Bertz CT molecular complexity index is 574. The van der Waals surface area contributed by atoms with Crippen LogP contribution in [0.15, 0.2) is 16.7 Å². The van der Waals surface area contributed by atoms with Crippen molar-refractivity contribution in [2.45, 2.75) is 39.7 Å². The zero-order valence-corrected chi connectivity index (χ0v) is 13.3. The number of hydrogen-bond donors (Lipinski definition) is 1. The fraction of sp³-hybridized carbons (Fsp3) is 0.533. The Morgan fingerprint density at radius 1 is 1.45 bits per heavy atom. The summed E-state index contributed by atoms with van der Waals surface area (Å²) < 4.78 is 7.30. The smallest absolute Gasteiger partial charge is 0.101 e. The number of aryl methyl sites for hydroxylation is 3. The molecule has 0 spiro atoms. The monoisotopic (exact) mass is 295 g/mol. The maximum atomic E-state index is 6.35. The first kappa shape index (κ1) is 15.1. The van der Waals surface area contributed by atoms with Gasteiger partial charge in [0.1, 0.15) is 5.76 Å². The van der Waals surface area contributed by atoms with Crippen molar-refractivity contribution in [1.82, 2.24) is 15.1 Å². The molecular formula is C15H22ClN3O. The highest BCUT2D eigenvalue weighted by Crippen LogP contribution is 2.26. The van der Waals surface area contributed by atoms with E-state index in [-0.39, 0.29) is 6.04 Å². The molecule has 0 amide bonds. The summed E-state index contributed by atoms with van der Waals surface area (Å²) in [6, 6.07) is 2.27. The van der Waals surface area contributed by atoms with Gasteiger partial charge in [0.15, 0.2) is 0 Å². The molecule has 0 aromatic carbocycles. The summed E-state index contributed by atoms with van der Waals surface area (Å²) in [5.41, 5.74) is 3.09. The van der Waals surface area contributed by atoms with Gasteiger partial charge in [0, 0.05) is 25.1 Å². The minimum Gasteiger partial charge on any atom is -0.469 e. The molecule has 2 aromatic heterocycles. The van der Waals surface area contributed by atoms with E-state index < -0.39 is 0 Å². The Morgan fingerprint density at radius 2 is 2.20 bits per heavy atom. The van der Waals surface area contributed by atoms with E-state index in [1.165, 1.54) is 0 Å². The topological polar surface area (TPSA) is 43.0 Å². The fourth-order valence-electron chi connectivity index (χ4n) is 2.37. The molecule has 0 fully saturated rings. The average molecular weight is 296 g/mol. The maximum absolute atomic E-state index is 6.35. The van der Waals surface area contributed by atoms with Gasteiger partial charge in [0.2, 0.25) is 0 Å². The van der Waals surface area contributed by atoms with Crippen LogP contribution in [0.5, 0.6) is 0 Å². The lowest BCUT2D eigenvalue weighted by Crippen LogP contribution is -2.24. The minimum atomic E-state index is 0.194. The standard InChI is InChI=1S/C15H22ClN3O/c1-5-6-17-13(12-7-10(2)20-9-12)8-14-15(16)11(3)18-19(14)4/h7,9,13,17H,5-6,8H2,1-4H3. The van der Waals surface area contributed by atoms with E-state index in [1.807, 2.05) is 31.8 Å². The van der Waals surface area contributed by atoms with Gasteiger partial charge in [-0.1, -0.05) is 18.5 Å². The van der Waals surface area contributed by atoms with Crippen LogP contribution in [0.2, 0.25) is 5.02 Å². The molecule has 0 radical (unpaired) electrons. The third-order valence-corrected chi connectivity index (χ3v) is 3.94. The Hall–Kier alpha value is -1.26. The molecule has 0 bridgehead atoms. The lowest BCUT2D eigenvalue weighted by molar-refractivity contribution is 0.494. The third-order valence-electron chi connectivity index (χ3n) is 3.45. The van der Waals surface area contributed by atoms with Crippen LogP contribution in [0.1, 0.15) is 42.1 Å². The summed E-state index contributed by atoms with van der Waals surface area (Å²) in [6.07, 6.45) is 3.71. The van der Waals surface area contributed by atoms with E-state index in [0.717, 1.165) is 47.1 Å². The Balaban J connectivity index is 2.23. The van der Waals surface area contributed by atoms with Gasteiger partial charge in [-0.25, -0.2) is 0 Å². The van der Waals surface area contributed by atoms with Crippen LogP contribution in [0.4, 0.5) is 0 Å². The summed E-state index contributed by atoms with van der Waals surface area (Å²) >= 11 is 6.35. The number of nitrogens with zero attached hydrogens (tertiary/aromatic N) is 2. The second kappa shape index (κ2) is 6.46. The van der Waals surface area contributed by atoms with Crippen LogP contribution in [0.3, 0.4) is 0 Å². The van der Waals surface area contributed by atoms with Gasteiger partial charge in [-0.3, -0.25) is 4.68 Å². The molecule has 2 rings (SSSR count). The zero-order valence-electron chi connectivity index (χ0n) is 12.5. The Morgan fingerprint density at radius 3 is 2.70 bits per heavy atom. The predicted octanol–water partition coefficient (Wildman–Crippen LogP) is 3.57. The quantitative estimate of drug-likeness (QED) is 0.886. The molecule has 1 N–H and O–H groups in total. The summed E-state index contributed by atoms with van der Waals surface area (Å²) in [5.74, 6) is 0.926. The first-order valence-electron chi connectivity index (χ1n) is 6.99. The van der Waals surface area contributed by atoms with E-state index >= 15 is 0 Å². The van der Waals surface area contributed by atoms with Crippen molar-refractivity contribution in [3.63, 3.8) is 0 Å². The third kappa shape index (κ3) is 3.25. The van der Waals surface area contributed by atoms with Gasteiger partial charge in [-0.2, -0.15) is 5.10 Å². The summed E-state index contributed by atoms with van der Waals surface area (Å²) in [6.45, 7) is 7.01. The fourth-order valence-corrected chi connectivity index (χ4v) is 2.61. The second-order valence-electron chi connectivity index (χ2n) is 5.17. The molecule has 2 heterocycles. The number of nitrogens with one attached hydrogen (secondary N) is 1. The summed E-state index contributed by atoms with van der Waals surface area (Å²) in [5, 5.41) is 8.69. The second-order valence-corrected chi connectivity index (χ2v) is 5.55. The molecule has 0 saturated carbocycles. The van der Waals surface area contributed by atoms with Crippen molar-refractivity contribution in [1.29, 1.82) is 0 Å².